The zero-order valence-corrected chi connectivity index (χ0v) is 13.6. The Morgan fingerprint density at radius 3 is 2.96 bits per heavy atom. The lowest BCUT2D eigenvalue weighted by Gasteiger charge is -2.32. The molecule has 0 radical (unpaired) electrons. The van der Waals surface area contributed by atoms with Crippen LogP contribution >= 0.6 is 0 Å². The summed E-state index contributed by atoms with van der Waals surface area (Å²) in [6.45, 7) is 2.43. The Labute approximate surface area is 144 Å². The highest BCUT2D eigenvalue weighted by Gasteiger charge is 2.23. The molecule has 128 valence electrons. The van der Waals surface area contributed by atoms with Crippen molar-refractivity contribution in [2.45, 2.75) is 12.7 Å². The van der Waals surface area contributed by atoms with Gasteiger partial charge < -0.3 is 4.74 Å². The smallest absolute Gasteiger partial charge is 0.257 e. The molecular formula is C18H18N4O3. The van der Waals surface area contributed by atoms with E-state index in [2.05, 4.69) is 9.97 Å². The lowest BCUT2D eigenvalue weighted by Crippen LogP contribution is -2.38. The van der Waals surface area contributed by atoms with Crippen LogP contribution in [0, 0.1) is 0 Å². The number of fused-ring (bicyclic) bond motifs is 1. The summed E-state index contributed by atoms with van der Waals surface area (Å²) < 4.78 is 7.40. The number of hydroxylamine groups is 2. The third-order valence-corrected chi connectivity index (χ3v) is 4.18. The number of morpholine rings is 1. The first-order valence-electron chi connectivity index (χ1n) is 8.15. The van der Waals surface area contributed by atoms with Crippen molar-refractivity contribution in [1.82, 2.24) is 19.4 Å². The number of nitrogens with zero attached hydrogens (tertiary/aromatic N) is 4. The van der Waals surface area contributed by atoms with Crippen LogP contribution < -0.4 is 5.56 Å². The van der Waals surface area contributed by atoms with E-state index in [9.17, 15) is 4.79 Å². The van der Waals surface area contributed by atoms with Gasteiger partial charge in [0.05, 0.1) is 25.9 Å². The topological polar surface area (TPSA) is 69.0 Å². The molecule has 25 heavy (non-hydrogen) atoms. The zero-order valence-electron chi connectivity index (χ0n) is 13.6. The first-order valence-corrected chi connectivity index (χ1v) is 8.15. The van der Waals surface area contributed by atoms with E-state index < -0.39 is 0 Å². The summed E-state index contributed by atoms with van der Waals surface area (Å²) in [5, 5.41) is 1.92. The lowest BCUT2D eigenvalue weighted by atomic mass is 10.1. The highest BCUT2D eigenvalue weighted by molar-refractivity contribution is 5.41. The summed E-state index contributed by atoms with van der Waals surface area (Å²) in [7, 11) is 0. The first-order chi connectivity index (χ1) is 12.3. The van der Waals surface area contributed by atoms with Crippen molar-refractivity contribution >= 4 is 5.65 Å². The maximum absolute atomic E-state index is 11.8. The van der Waals surface area contributed by atoms with Gasteiger partial charge in [-0.1, -0.05) is 0 Å². The molecule has 0 amide bonds. The van der Waals surface area contributed by atoms with Gasteiger partial charge in [0.15, 0.2) is 0 Å². The number of hydrogen-bond donors (Lipinski definition) is 0. The van der Waals surface area contributed by atoms with E-state index in [1.165, 1.54) is 16.7 Å². The molecule has 1 atom stereocenters. The van der Waals surface area contributed by atoms with Crippen molar-refractivity contribution in [3.05, 3.63) is 76.6 Å². The second-order valence-corrected chi connectivity index (χ2v) is 5.85. The molecule has 0 bridgehead atoms. The fourth-order valence-electron chi connectivity index (χ4n) is 2.84. The minimum Gasteiger partial charge on any atom is -0.371 e. The maximum atomic E-state index is 11.8. The summed E-state index contributed by atoms with van der Waals surface area (Å²) in [4.78, 5) is 25.9. The Hall–Kier alpha value is -2.61. The Balaban J connectivity index is 1.46. The Morgan fingerprint density at radius 1 is 1.20 bits per heavy atom. The van der Waals surface area contributed by atoms with Crippen LogP contribution in [-0.4, -0.2) is 39.1 Å². The third-order valence-electron chi connectivity index (χ3n) is 4.18. The van der Waals surface area contributed by atoms with Gasteiger partial charge in [0.25, 0.3) is 5.56 Å². The molecule has 0 aliphatic carbocycles. The molecule has 1 unspecified atom stereocenters. The number of rotatable bonds is 4. The molecule has 1 fully saturated rings. The van der Waals surface area contributed by atoms with Crippen molar-refractivity contribution < 1.29 is 9.57 Å². The normalized spacial score (nSPS) is 18.5. The third kappa shape index (κ3) is 3.58. The lowest BCUT2D eigenvalue weighted by molar-refractivity contribution is -0.220. The van der Waals surface area contributed by atoms with Gasteiger partial charge in [0, 0.05) is 37.4 Å². The minimum absolute atomic E-state index is 0.0941. The Kier molecular flexibility index (Phi) is 4.51. The van der Waals surface area contributed by atoms with E-state index >= 15 is 0 Å². The summed E-state index contributed by atoms with van der Waals surface area (Å²) in [6.07, 6.45) is 6.65. The van der Waals surface area contributed by atoms with E-state index in [-0.39, 0.29) is 11.7 Å². The SMILES string of the molecule is O=c1ccnc2cc(C3CN(OCc4ccncc4)CCO3)ccn12. The van der Waals surface area contributed by atoms with E-state index in [4.69, 9.17) is 9.57 Å². The van der Waals surface area contributed by atoms with Gasteiger partial charge in [-0.25, -0.2) is 4.98 Å². The Bertz CT molecular complexity index is 913. The second-order valence-electron chi connectivity index (χ2n) is 5.85. The van der Waals surface area contributed by atoms with Crippen molar-refractivity contribution in [2.24, 2.45) is 0 Å². The molecule has 0 N–H and O–H groups in total. The van der Waals surface area contributed by atoms with Crippen LogP contribution in [0.15, 0.2) is 59.9 Å². The molecule has 0 saturated carbocycles. The van der Waals surface area contributed by atoms with Crippen LogP contribution in [0.2, 0.25) is 0 Å². The predicted octanol–water partition coefficient (Wildman–Crippen LogP) is 1.59. The van der Waals surface area contributed by atoms with E-state index in [1.807, 2.05) is 29.3 Å². The number of pyridine rings is 2. The summed E-state index contributed by atoms with van der Waals surface area (Å²) in [6, 6.07) is 9.10. The summed E-state index contributed by atoms with van der Waals surface area (Å²) >= 11 is 0. The molecule has 3 aromatic heterocycles. The predicted molar refractivity (Wildman–Crippen MR) is 90.8 cm³/mol. The fourth-order valence-corrected chi connectivity index (χ4v) is 2.84. The van der Waals surface area contributed by atoms with E-state index in [0.717, 1.165) is 11.1 Å². The fraction of sp³-hybridized carbons (Fsp3) is 0.278. The molecule has 0 aromatic carbocycles. The molecular weight excluding hydrogens is 320 g/mol. The van der Waals surface area contributed by atoms with Crippen molar-refractivity contribution in [1.29, 1.82) is 0 Å². The van der Waals surface area contributed by atoms with Crippen molar-refractivity contribution in [3.8, 4) is 0 Å². The standard InChI is InChI=1S/C18H18N4O3/c23-18-3-7-20-17-11-15(4-8-22(17)18)16-12-21(9-10-24-16)25-13-14-1-5-19-6-2-14/h1-8,11,16H,9-10,12-13H2. The maximum Gasteiger partial charge on any atom is 0.257 e. The van der Waals surface area contributed by atoms with Gasteiger partial charge in [0.1, 0.15) is 5.65 Å². The molecule has 0 spiro atoms. The average Bonchev–Trinajstić information content (AvgIpc) is 2.67. The quantitative estimate of drug-likeness (QED) is 0.720. The highest BCUT2D eigenvalue weighted by Crippen LogP contribution is 2.23. The molecule has 1 aliphatic rings. The van der Waals surface area contributed by atoms with E-state index in [1.54, 1.807) is 18.6 Å². The molecule has 3 aromatic rings. The second kappa shape index (κ2) is 7.10. The van der Waals surface area contributed by atoms with Gasteiger partial charge in [-0.3, -0.25) is 19.0 Å². The number of hydrogen-bond acceptors (Lipinski definition) is 6. The number of ether oxygens (including phenoxy) is 1. The van der Waals surface area contributed by atoms with Crippen LogP contribution in [0.4, 0.5) is 0 Å². The first kappa shape index (κ1) is 15.9. The Morgan fingerprint density at radius 2 is 2.08 bits per heavy atom. The molecule has 7 heteroatoms. The summed E-state index contributed by atoms with van der Waals surface area (Å²) in [5.41, 5.74) is 2.58. The van der Waals surface area contributed by atoms with Gasteiger partial charge in [-0.15, -0.1) is 0 Å². The highest BCUT2D eigenvalue weighted by atomic mass is 16.7. The minimum atomic E-state index is -0.117. The summed E-state index contributed by atoms with van der Waals surface area (Å²) in [5.74, 6) is 0. The largest absolute Gasteiger partial charge is 0.371 e. The van der Waals surface area contributed by atoms with E-state index in [0.29, 0.717) is 32.0 Å². The van der Waals surface area contributed by atoms with Crippen LogP contribution in [0.5, 0.6) is 0 Å². The van der Waals surface area contributed by atoms with Crippen molar-refractivity contribution in [2.75, 3.05) is 19.7 Å². The van der Waals surface area contributed by atoms with Gasteiger partial charge in [0.2, 0.25) is 0 Å². The average molecular weight is 338 g/mol. The molecule has 4 rings (SSSR count). The van der Waals surface area contributed by atoms with Crippen molar-refractivity contribution in [3.63, 3.8) is 0 Å². The molecule has 7 nitrogen and oxygen atoms in total. The van der Waals surface area contributed by atoms with Gasteiger partial charge in [-0.05, 0) is 35.4 Å². The molecule has 1 saturated heterocycles. The van der Waals surface area contributed by atoms with Crippen LogP contribution in [-0.2, 0) is 16.2 Å². The van der Waals surface area contributed by atoms with Crippen LogP contribution in [0.1, 0.15) is 17.2 Å². The van der Waals surface area contributed by atoms with Crippen LogP contribution in [0.3, 0.4) is 0 Å². The van der Waals surface area contributed by atoms with Gasteiger partial charge >= 0.3 is 0 Å². The van der Waals surface area contributed by atoms with Crippen LogP contribution in [0.25, 0.3) is 5.65 Å². The zero-order chi connectivity index (χ0) is 17.1. The molecule has 4 heterocycles. The van der Waals surface area contributed by atoms with Gasteiger partial charge in [-0.2, -0.15) is 5.06 Å². The molecule has 1 aliphatic heterocycles. The monoisotopic (exact) mass is 338 g/mol. The number of aromatic nitrogens is 3.